The van der Waals surface area contributed by atoms with Crippen LogP contribution in [0.2, 0.25) is 0 Å². The second-order valence-corrected chi connectivity index (χ2v) is 6.80. The minimum Gasteiger partial charge on any atom is -0.379 e. The third-order valence-corrected chi connectivity index (χ3v) is 4.68. The van der Waals surface area contributed by atoms with E-state index >= 15 is 0 Å². The van der Waals surface area contributed by atoms with Gasteiger partial charge in [0.1, 0.15) is 5.69 Å². The molecule has 32 heavy (non-hydrogen) atoms. The van der Waals surface area contributed by atoms with Crippen LogP contribution < -0.4 is 11.2 Å². The van der Waals surface area contributed by atoms with Crippen LogP contribution in [0, 0.1) is 0 Å². The maximum atomic E-state index is 12.8. The minimum atomic E-state index is -4.51. The highest BCUT2D eigenvalue weighted by molar-refractivity contribution is 6.32. The number of nitrogens with zero attached hydrogens (tertiary/aromatic N) is 5. The molecule has 3 N–H and O–H groups in total. The average molecular weight is 437 g/mol. The van der Waals surface area contributed by atoms with Crippen LogP contribution in [0.5, 0.6) is 0 Å². The van der Waals surface area contributed by atoms with Gasteiger partial charge >= 0.3 is 6.18 Å². The zero-order chi connectivity index (χ0) is 22.6. The quantitative estimate of drug-likeness (QED) is 0.263. The van der Waals surface area contributed by atoms with E-state index < -0.39 is 11.9 Å². The first-order valence-corrected chi connectivity index (χ1v) is 9.53. The van der Waals surface area contributed by atoms with Gasteiger partial charge in [-0.2, -0.15) is 18.3 Å². The number of benzene rings is 1. The number of hydrogen-bond donors (Lipinski definition) is 2. The van der Waals surface area contributed by atoms with E-state index in [1.165, 1.54) is 12.3 Å². The fourth-order valence-electron chi connectivity index (χ4n) is 3.06. The summed E-state index contributed by atoms with van der Waals surface area (Å²) in [6, 6.07) is 13.8. The number of pyridine rings is 2. The van der Waals surface area contributed by atoms with Crippen molar-refractivity contribution in [2.45, 2.75) is 6.18 Å². The molecule has 0 radical (unpaired) electrons. The highest BCUT2D eigenvalue weighted by Crippen LogP contribution is 2.28. The van der Waals surface area contributed by atoms with Crippen molar-refractivity contribution in [1.82, 2.24) is 14.5 Å². The fraction of sp³-hybridized carbons (Fsp3) is 0.0909. The Bertz CT molecular complexity index is 1270. The van der Waals surface area contributed by atoms with Gasteiger partial charge in [-0.3, -0.25) is 15.0 Å². The van der Waals surface area contributed by atoms with E-state index in [1.54, 1.807) is 12.4 Å². The molecule has 10 heteroatoms. The zero-order valence-corrected chi connectivity index (χ0v) is 16.7. The summed E-state index contributed by atoms with van der Waals surface area (Å²) in [5.41, 5.74) is 2.26. The molecule has 4 rings (SSSR count). The summed E-state index contributed by atoms with van der Waals surface area (Å²) in [6.45, 7) is 0.0990. The lowest BCUT2D eigenvalue weighted by atomic mass is 10.2. The molecule has 0 aliphatic carbocycles. The van der Waals surface area contributed by atoms with Gasteiger partial charge in [0.15, 0.2) is 0 Å². The molecule has 7 nitrogen and oxygen atoms in total. The smallest absolute Gasteiger partial charge is 0.379 e. The number of aliphatic imine (C=N–C) groups is 1. The number of anilines is 1. The van der Waals surface area contributed by atoms with Crippen molar-refractivity contribution >= 4 is 34.2 Å². The monoisotopic (exact) mass is 437 g/mol. The van der Waals surface area contributed by atoms with Gasteiger partial charge in [-0.1, -0.05) is 0 Å². The van der Waals surface area contributed by atoms with Crippen molar-refractivity contribution in [2.75, 3.05) is 11.9 Å². The molecule has 0 unspecified atom stereocenters. The number of nitrogens with one attached hydrogen (secondary N) is 1. The maximum Gasteiger partial charge on any atom is 0.433 e. The topological polar surface area (TPSA) is 93.5 Å². The first-order chi connectivity index (χ1) is 15.4. The summed E-state index contributed by atoms with van der Waals surface area (Å²) in [6.07, 6.45) is 3.56. The fourth-order valence-corrected chi connectivity index (χ4v) is 3.06. The van der Waals surface area contributed by atoms with Crippen molar-refractivity contribution in [3.8, 4) is 5.69 Å². The van der Waals surface area contributed by atoms with Gasteiger partial charge in [-0.05, 0) is 48.5 Å². The molecule has 0 aliphatic rings. The van der Waals surface area contributed by atoms with Crippen LogP contribution in [-0.4, -0.2) is 33.0 Å². The minimum absolute atomic E-state index is 0.0990. The Labute approximate surface area is 181 Å². The van der Waals surface area contributed by atoms with E-state index in [0.717, 1.165) is 28.9 Å². The molecule has 0 spiro atoms. The van der Waals surface area contributed by atoms with Crippen LogP contribution in [0.15, 0.2) is 83.4 Å². The van der Waals surface area contributed by atoms with Crippen LogP contribution in [0.1, 0.15) is 5.69 Å². The number of hydrogen-bond acceptors (Lipinski definition) is 6. The Morgan fingerprint density at radius 3 is 2.66 bits per heavy atom. The number of hydrazone groups is 1. The molecule has 162 valence electrons. The Hall–Kier alpha value is -4.21. The van der Waals surface area contributed by atoms with Crippen LogP contribution >= 0.6 is 0 Å². The molecule has 1 aromatic carbocycles. The highest BCUT2D eigenvalue weighted by atomic mass is 19.4. The summed E-state index contributed by atoms with van der Waals surface area (Å²) in [4.78, 5) is 11.8. The Morgan fingerprint density at radius 2 is 1.91 bits per heavy atom. The van der Waals surface area contributed by atoms with Crippen molar-refractivity contribution in [1.29, 1.82) is 0 Å². The number of aromatic nitrogens is 3. The van der Waals surface area contributed by atoms with Gasteiger partial charge in [0.25, 0.3) is 0 Å². The standard InChI is InChI=1S/C22H18F3N7/c23-22(24,25)21-11-17(6-9-28-21)30-13-18(31-26)12-29-16-1-3-19(4-2-16)32-10-7-15-5-8-27-14-20(15)32/h1-12,14H,13,26H2,(H,28,30). The molecule has 0 amide bonds. The Balaban J connectivity index is 1.42. The lowest BCUT2D eigenvalue weighted by Gasteiger charge is -2.09. The van der Waals surface area contributed by atoms with Crippen LogP contribution in [-0.2, 0) is 6.18 Å². The normalized spacial score (nSPS) is 12.5. The van der Waals surface area contributed by atoms with E-state index in [-0.39, 0.29) is 12.2 Å². The number of halogens is 3. The van der Waals surface area contributed by atoms with Crippen LogP contribution in [0.25, 0.3) is 16.6 Å². The number of rotatable bonds is 6. The van der Waals surface area contributed by atoms with Gasteiger partial charge in [0.2, 0.25) is 0 Å². The van der Waals surface area contributed by atoms with E-state index in [9.17, 15) is 13.2 Å². The lowest BCUT2D eigenvalue weighted by molar-refractivity contribution is -0.141. The van der Waals surface area contributed by atoms with Crippen molar-refractivity contribution in [3.63, 3.8) is 0 Å². The van der Waals surface area contributed by atoms with Gasteiger partial charge in [0.05, 0.1) is 35.9 Å². The van der Waals surface area contributed by atoms with E-state index in [0.29, 0.717) is 11.4 Å². The van der Waals surface area contributed by atoms with Gasteiger partial charge in [-0.15, -0.1) is 0 Å². The molecule has 3 heterocycles. The second kappa shape index (κ2) is 8.88. The number of alkyl halides is 3. The van der Waals surface area contributed by atoms with E-state index in [2.05, 4.69) is 25.4 Å². The SMILES string of the molecule is NN=C(C=Nc1ccc(-n2ccc3ccncc32)cc1)CNc1ccnc(C(F)(F)F)c1. The Morgan fingerprint density at radius 1 is 1.09 bits per heavy atom. The third kappa shape index (κ3) is 4.75. The number of nitrogens with two attached hydrogens (primary N) is 1. The van der Waals surface area contributed by atoms with Gasteiger partial charge in [-0.25, -0.2) is 0 Å². The molecule has 0 saturated carbocycles. The predicted molar refractivity (Wildman–Crippen MR) is 119 cm³/mol. The second-order valence-electron chi connectivity index (χ2n) is 6.80. The van der Waals surface area contributed by atoms with Crippen LogP contribution in [0.4, 0.5) is 24.5 Å². The van der Waals surface area contributed by atoms with E-state index in [4.69, 9.17) is 5.84 Å². The molecular formula is C22H18F3N7. The maximum absolute atomic E-state index is 12.8. The predicted octanol–water partition coefficient (Wildman–Crippen LogP) is 4.57. The summed E-state index contributed by atoms with van der Waals surface area (Å²) in [7, 11) is 0. The molecule has 3 aromatic heterocycles. The lowest BCUT2D eigenvalue weighted by Crippen LogP contribution is -2.17. The summed E-state index contributed by atoms with van der Waals surface area (Å²) in [5.74, 6) is 5.40. The largest absolute Gasteiger partial charge is 0.433 e. The van der Waals surface area contributed by atoms with Crippen molar-refractivity contribution < 1.29 is 13.2 Å². The van der Waals surface area contributed by atoms with Crippen molar-refractivity contribution in [2.24, 2.45) is 15.9 Å². The molecule has 0 atom stereocenters. The van der Waals surface area contributed by atoms with Crippen molar-refractivity contribution in [3.05, 3.63) is 79.0 Å². The van der Waals surface area contributed by atoms with Gasteiger partial charge < -0.3 is 15.7 Å². The summed E-state index contributed by atoms with van der Waals surface area (Å²) >= 11 is 0. The molecule has 0 fully saturated rings. The average Bonchev–Trinajstić information content (AvgIpc) is 3.23. The summed E-state index contributed by atoms with van der Waals surface area (Å²) in [5, 5.41) is 7.57. The molecular weight excluding hydrogens is 419 g/mol. The van der Waals surface area contributed by atoms with Crippen LogP contribution in [0.3, 0.4) is 0 Å². The highest BCUT2D eigenvalue weighted by Gasteiger charge is 2.32. The molecule has 0 aliphatic heterocycles. The molecule has 0 saturated heterocycles. The first-order valence-electron chi connectivity index (χ1n) is 9.53. The summed E-state index contributed by atoms with van der Waals surface area (Å²) < 4.78 is 40.4. The zero-order valence-electron chi connectivity index (χ0n) is 16.7. The number of fused-ring (bicyclic) bond motifs is 1. The Kier molecular flexibility index (Phi) is 5.84. The molecule has 0 bridgehead atoms. The van der Waals surface area contributed by atoms with E-state index in [1.807, 2.05) is 47.2 Å². The molecule has 4 aromatic rings. The van der Waals surface area contributed by atoms with Gasteiger partial charge in [0, 0.05) is 35.4 Å². The third-order valence-electron chi connectivity index (χ3n) is 4.68. The first kappa shape index (κ1) is 21.0.